The Balaban J connectivity index is 0.000000567. The summed E-state index contributed by atoms with van der Waals surface area (Å²) in [4.78, 5) is 12.9. The molecule has 0 bridgehead atoms. The average molecular weight is 586 g/mol. The summed E-state index contributed by atoms with van der Waals surface area (Å²) in [5, 5.41) is 0.319. The Kier molecular flexibility index (Phi) is 6.95. The molecule has 2 aliphatic rings. The molecule has 10 nitrogen and oxygen atoms in total. The number of anilines is 2. The summed E-state index contributed by atoms with van der Waals surface area (Å²) in [7, 11) is -7.35. The number of aromatic nitrogens is 2. The highest BCUT2D eigenvalue weighted by molar-refractivity contribution is 8.14. The van der Waals surface area contributed by atoms with Crippen molar-refractivity contribution in [3.05, 3.63) is 83.9 Å². The fraction of sp³-hybridized carbons (Fsp3) is 0.231. The van der Waals surface area contributed by atoms with E-state index in [0.717, 1.165) is 26.9 Å². The van der Waals surface area contributed by atoms with Gasteiger partial charge < -0.3 is 10.6 Å². The molecular weight excluding hydrogens is 559 g/mol. The van der Waals surface area contributed by atoms with Gasteiger partial charge in [0.05, 0.1) is 34.3 Å². The number of fused-ring (bicyclic) bond motifs is 4. The summed E-state index contributed by atoms with van der Waals surface area (Å²) in [6.45, 7) is 3.29. The van der Waals surface area contributed by atoms with Crippen LogP contribution >= 0.6 is 11.8 Å². The fourth-order valence-corrected chi connectivity index (χ4v) is 6.91. The number of para-hydroxylation sites is 1. The van der Waals surface area contributed by atoms with Crippen molar-refractivity contribution in [3.8, 4) is 0 Å². The van der Waals surface area contributed by atoms with Crippen LogP contribution in [0, 0.1) is 0 Å². The zero-order valence-corrected chi connectivity index (χ0v) is 23.8. The molecule has 3 heterocycles. The van der Waals surface area contributed by atoms with E-state index in [4.69, 9.17) is 15.3 Å². The topological polar surface area (TPSA) is 148 Å². The number of rotatable bonds is 4. The molecule has 13 heteroatoms. The number of nitrogens with zero attached hydrogens (tertiary/aromatic N) is 4. The number of imidazole rings is 1. The number of hydrogen-bond acceptors (Lipinski definition) is 9. The van der Waals surface area contributed by atoms with Crippen molar-refractivity contribution in [1.82, 2.24) is 8.96 Å². The Bertz CT molecular complexity index is 1790. The summed E-state index contributed by atoms with van der Waals surface area (Å²) in [6.07, 6.45) is 0.715. The minimum atomic E-state index is -3.68. The van der Waals surface area contributed by atoms with Gasteiger partial charge in [0.15, 0.2) is 5.17 Å². The van der Waals surface area contributed by atoms with Crippen LogP contribution in [0.3, 0.4) is 0 Å². The van der Waals surface area contributed by atoms with Crippen LogP contribution in [-0.2, 0) is 20.1 Å². The second-order valence-electron chi connectivity index (χ2n) is 9.46. The summed E-state index contributed by atoms with van der Waals surface area (Å²) in [5.41, 5.74) is 10.3. The van der Waals surface area contributed by atoms with Gasteiger partial charge in [-0.05, 0) is 61.0 Å². The second-order valence-corrected chi connectivity index (χ2v) is 14.3. The molecule has 6 rings (SSSR count). The monoisotopic (exact) mass is 585 g/mol. The number of nitrogens with two attached hydrogens (primary N) is 1. The third-order valence-corrected chi connectivity index (χ3v) is 9.49. The van der Waals surface area contributed by atoms with Crippen LogP contribution in [0.25, 0.3) is 11.0 Å². The van der Waals surface area contributed by atoms with Gasteiger partial charge in [0.2, 0.25) is 16.0 Å². The van der Waals surface area contributed by atoms with Crippen LogP contribution in [-0.4, -0.2) is 47.0 Å². The number of hydrogen-bond donors (Lipinski definition) is 2. The molecule has 2 atom stereocenters. The molecule has 0 fully saturated rings. The number of benzene rings is 3. The molecule has 0 spiro atoms. The fourth-order valence-electron chi connectivity index (χ4n) is 4.67. The van der Waals surface area contributed by atoms with Crippen molar-refractivity contribution in [2.24, 2.45) is 4.99 Å². The molecule has 39 heavy (non-hydrogen) atoms. The lowest BCUT2D eigenvalue weighted by atomic mass is 9.93. The minimum Gasteiger partial charge on any atom is -0.368 e. The van der Waals surface area contributed by atoms with Gasteiger partial charge in [-0.15, -0.1) is 0 Å². The predicted octanol–water partition coefficient (Wildman–Crippen LogP) is 4.47. The maximum atomic E-state index is 13.1. The van der Waals surface area contributed by atoms with Gasteiger partial charge in [0.25, 0.3) is 10.1 Å². The molecule has 0 saturated carbocycles. The third kappa shape index (κ3) is 5.14. The van der Waals surface area contributed by atoms with Crippen LogP contribution < -0.4 is 10.6 Å². The van der Waals surface area contributed by atoms with E-state index in [1.54, 1.807) is 25.6 Å². The first-order valence-electron chi connectivity index (χ1n) is 12.0. The quantitative estimate of drug-likeness (QED) is 0.331. The number of thioether (sulfide) groups is 1. The molecule has 3 N–H and O–H groups in total. The van der Waals surface area contributed by atoms with E-state index in [1.165, 1.54) is 3.97 Å². The summed E-state index contributed by atoms with van der Waals surface area (Å²) in [6, 6.07) is 24.0. The highest BCUT2D eigenvalue weighted by atomic mass is 32.2. The lowest BCUT2D eigenvalue weighted by molar-refractivity contribution is 0.490. The van der Waals surface area contributed by atoms with E-state index in [1.807, 2.05) is 48.5 Å². The lowest BCUT2D eigenvalue weighted by Crippen LogP contribution is -2.27. The lowest BCUT2D eigenvalue weighted by Gasteiger charge is -2.28. The zero-order valence-electron chi connectivity index (χ0n) is 21.3. The normalized spacial score (nSPS) is 18.5. The molecule has 204 valence electrons. The second kappa shape index (κ2) is 9.97. The molecule has 2 unspecified atom stereocenters. The van der Waals surface area contributed by atoms with Gasteiger partial charge in [-0.3, -0.25) is 9.55 Å². The molecular formula is C26H27N5O5S3. The van der Waals surface area contributed by atoms with E-state index in [2.05, 4.69) is 34.1 Å². The SMILES string of the molecule is CC(C)S(=O)(=O)n1c(N)nc2ccc(C3C(c4ccccc4)N=C4Sc5ccccc5N43)cc21.CS(=O)(=O)O. The largest absolute Gasteiger partial charge is 0.368 e. The Morgan fingerprint density at radius 3 is 2.26 bits per heavy atom. The number of nitrogen functional groups attached to an aromatic ring is 1. The Morgan fingerprint density at radius 1 is 0.949 bits per heavy atom. The van der Waals surface area contributed by atoms with E-state index in [0.29, 0.717) is 17.3 Å². The first kappa shape index (κ1) is 27.2. The average Bonchev–Trinajstić information content (AvgIpc) is 3.51. The predicted molar refractivity (Wildman–Crippen MR) is 155 cm³/mol. The van der Waals surface area contributed by atoms with Crippen LogP contribution in [0.1, 0.15) is 37.1 Å². The maximum absolute atomic E-state index is 13.1. The molecule has 3 aromatic carbocycles. The van der Waals surface area contributed by atoms with Crippen molar-refractivity contribution in [1.29, 1.82) is 0 Å². The van der Waals surface area contributed by atoms with Gasteiger partial charge in [-0.25, -0.2) is 17.4 Å². The first-order chi connectivity index (χ1) is 18.4. The van der Waals surface area contributed by atoms with Gasteiger partial charge in [-0.2, -0.15) is 8.42 Å². The summed E-state index contributed by atoms with van der Waals surface area (Å²) < 4.78 is 53.2. The molecule has 0 saturated heterocycles. The van der Waals surface area contributed by atoms with Crippen LogP contribution in [0.2, 0.25) is 0 Å². The van der Waals surface area contributed by atoms with Gasteiger partial charge >= 0.3 is 0 Å². The zero-order chi connectivity index (χ0) is 28.1. The van der Waals surface area contributed by atoms with Crippen molar-refractivity contribution in [2.75, 3.05) is 16.9 Å². The van der Waals surface area contributed by atoms with E-state index in [9.17, 15) is 16.8 Å². The van der Waals surface area contributed by atoms with E-state index < -0.39 is 25.4 Å². The highest BCUT2D eigenvalue weighted by Gasteiger charge is 2.44. The number of amidine groups is 1. The van der Waals surface area contributed by atoms with Gasteiger partial charge in [-0.1, -0.05) is 48.5 Å². The van der Waals surface area contributed by atoms with Crippen molar-refractivity contribution in [2.45, 2.75) is 36.1 Å². The standard InChI is InChI=1S/C25H23N5O2S2.CH4O3S/c1-15(2)34(31,32)30-20-14-17(12-13-18(20)27-24(30)26)23-22(16-8-4-3-5-9-16)28-25-29(23)19-10-6-7-11-21(19)33-25;1-5(2,3)4/h3-15,22-23H,1-2H3,(H2,26,27);1H3,(H,2,3,4). The van der Waals surface area contributed by atoms with Crippen LogP contribution in [0.4, 0.5) is 11.6 Å². The van der Waals surface area contributed by atoms with E-state index >= 15 is 0 Å². The smallest absolute Gasteiger partial charge is 0.261 e. The Labute approximate surface area is 231 Å². The molecule has 2 aliphatic heterocycles. The highest BCUT2D eigenvalue weighted by Crippen LogP contribution is 2.53. The molecule has 1 aromatic heterocycles. The summed E-state index contributed by atoms with van der Waals surface area (Å²) >= 11 is 1.67. The molecule has 0 amide bonds. The number of aliphatic imine (C=N–C) groups is 1. The van der Waals surface area contributed by atoms with Crippen LogP contribution in [0.15, 0.2) is 82.7 Å². The van der Waals surface area contributed by atoms with Crippen molar-refractivity contribution < 1.29 is 21.4 Å². The molecule has 4 aromatic rings. The first-order valence-corrected chi connectivity index (χ1v) is 16.2. The Morgan fingerprint density at radius 2 is 1.59 bits per heavy atom. The van der Waals surface area contributed by atoms with Crippen molar-refractivity contribution in [3.63, 3.8) is 0 Å². The third-order valence-electron chi connectivity index (χ3n) is 6.35. The van der Waals surface area contributed by atoms with E-state index in [-0.39, 0.29) is 18.0 Å². The molecule has 0 radical (unpaired) electrons. The van der Waals surface area contributed by atoms with Gasteiger partial charge in [0.1, 0.15) is 6.04 Å². The van der Waals surface area contributed by atoms with Crippen LogP contribution in [0.5, 0.6) is 0 Å². The summed E-state index contributed by atoms with van der Waals surface area (Å²) in [5.74, 6) is -0.0223. The minimum absolute atomic E-state index is 0.0223. The maximum Gasteiger partial charge on any atom is 0.261 e. The van der Waals surface area contributed by atoms with Gasteiger partial charge in [0, 0.05) is 4.90 Å². The molecule has 0 aliphatic carbocycles. The Hall–Kier alpha value is -3.39. The van der Waals surface area contributed by atoms with Crippen molar-refractivity contribution >= 4 is 59.7 Å².